The predicted octanol–water partition coefficient (Wildman–Crippen LogP) is 1.19. The number of sulfonamides is 1. The van der Waals surface area contributed by atoms with Crippen LogP contribution < -0.4 is 4.31 Å². The molecule has 0 unspecified atom stereocenters. The molecule has 5 nitrogen and oxygen atoms in total. The highest BCUT2D eigenvalue weighted by molar-refractivity contribution is 7.92. The number of rotatable bonds is 2. The summed E-state index contributed by atoms with van der Waals surface area (Å²) in [6, 6.07) is 5.78. The van der Waals surface area contributed by atoms with Crippen LogP contribution in [0.15, 0.2) is 36.9 Å². The summed E-state index contributed by atoms with van der Waals surface area (Å²) in [5.41, 5.74) is 2.86. The first-order valence-corrected chi connectivity index (χ1v) is 7.49. The lowest BCUT2D eigenvalue weighted by atomic mass is 10.1. The summed E-state index contributed by atoms with van der Waals surface area (Å²) in [5, 5.41) is 0. The summed E-state index contributed by atoms with van der Waals surface area (Å²) in [7, 11) is -3.17. The second kappa shape index (κ2) is 3.84. The molecule has 0 atom stereocenters. The van der Waals surface area contributed by atoms with Gasteiger partial charge in [-0.2, -0.15) is 0 Å². The zero-order valence-electron chi connectivity index (χ0n) is 9.94. The third kappa shape index (κ3) is 1.78. The fourth-order valence-corrected chi connectivity index (χ4v) is 3.23. The number of imidazole rings is 1. The van der Waals surface area contributed by atoms with Gasteiger partial charge in [0, 0.05) is 24.6 Å². The lowest BCUT2D eigenvalue weighted by Gasteiger charge is -2.16. The Hall–Kier alpha value is -1.82. The summed E-state index contributed by atoms with van der Waals surface area (Å²) in [5.74, 6) is 0. The molecule has 0 amide bonds. The first-order valence-electron chi connectivity index (χ1n) is 5.65. The molecule has 2 heterocycles. The maximum atomic E-state index is 11.6. The predicted molar refractivity (Wildman–Crippen MR) is 69.5 cm³/mol. The number of benzene rings is 1. The van der Waals surface area contributed by atoms with Gasteiger partial charge in [-0.05, 0) is 30.2 Å². The topological polar surface area (TPSA) is 55.2 Å². The Balaban J connectivity index is 2.05. The van der Waals surface area contributed by atoms with Crippen LogP contribution in [-0.2, 0) is 16.4 Å². The highest BCUT2D eigenvalue weighted by atomic mass is 32.2. The van der Waals surface area contributed by atoms with Crippen molar-refractivity contribution in [3.05, 3.63) is 42.5 Å². The van der Waals surface area contributed by atoms with E-state index in [-0.39, 0.29) is 0 Å². The molecule has 1 aliphatic heterocycles. The molecule has 3 rings (SSSR count). The van der Waals surface area contributed by atoms with Crippen molar-refractivity contribution in [1.82, 2.24) is 9.55 Å². The quantitative estimate of drug-likeness (QED) is 0.818. The number of hydrogen-bond acceptors (Lipinski definition) is 3. The van der Waals surface area contributed by atoms with Gasteiger partial charge in [-0.25, -0.2) is 13.4 Å². The summed E-state index contributed by atoms with van der Waals surface area (Å²) < 4.78 is 26.6. The second-order valence-electron chi connectivity index (χ2n) is 4.37. The first-order chi connectivity index (χ1) is 8.55. The summed E-state index contributed by atoms with van der Waals surface area (Å²) in [6.45, 7) is 0.529. The van der Waals surface area contributed by atoms with Gasteiger partial charge in [-0.3, -0.25) is 4.31 Å². The van der Waals surface area contributed by atoms with E-state index in [0.29, 0.717) is 6.54 Å². The molecule has 0 saturated carbocycles. The Kier molecular flexibility index (Phi) is 2.41. The van der Waals surface area contributed by atoms with Crippen molar-refractivity contribution in [2.75, 3.05) is 17.1 Å². The Morgan fingerprint density at radius 2 is 2.17 bits per heavy atom. The summed E-state index contributed by atoms with van der Waals surface area (Å²) >= 11 is 0. The van der Waals surface area contributed by atoms with Crippen molar-refractivity contribution in [3.8, 4) is 5.69 Å². The third-order valence-electron chi connectivity index (χ3n) is 3.12. The van der Waals surface area contributed by atoms with Gasteiger partial charge in [0.1, 0.15) is 0 Å². The number of anilines is 1. The van der Waals surface area contributed by atoms with Crippen molar-refractivity contribution in [2.24, 2.45) is 0 Å². The lowest BCUT2D eigenvalue weighted by Crippen LogP contribution is -2.27. The molecule has 1 aliphatic rings. The van der Waals surface area contributed by atoms with Gasteiger partial charge >= 0.3 is 0 Å². The van der Waals surface area contributed by atoms with Crippen LogP contribution in [0.4, 0.5) is 5.69 Å². The van der Waals surface area contributed by atoms with Gasteiger partial charge in [-0.1, -0.05) is 0 Å². The fraction of sp³-hybridized carbons (Fsp3) is 0.250. The Bertz CT molecular complexity index is 677. The molecule has 18 heavy (non-hydrogen) atoms. The van der Waals surface area contributed by atoms with Crippen LogP contribution in [0.2, 0.25) is 0 Å². The zero-order chi connectivity index (χ0) is 12.8. The van der Waals surface area contributed by atoms with E-state index in [1.807, 2.05) is 29.0 Å². The molecule has 0 fully saturated rings. The van der Waals surface area contributed by atoms with E-state index in [1.54, 1.807) is 12.5 Å². The Labute approximate surface area is 106 Å². The molecule has 6 heteroatoms. The van der Waals surface area contributed by atoms with Crippen molar-refractivity contribution in [2.45, 2.75) is 6.42 Å². The molecule has 0 N–H and O–H groups in total. The van der Waals surface area contributed by atoms with Crippen molar-refractivity contribution >= 4 is 15.7 Å². The largest absolute Gasteiger partial charge is 0.306 e. The maximum Gasteiger partial charge on any atom is 0.232 e. The van der Waals surface area contributed by atoms with Crippen LogP contribution in [0.5, 0.6) is 0 Å². The van der Waals surface area contributed by atoms with E-state index in [1.165, 1.54) is 10.6 Å². The van der Waals surface area contributed by atoms with Gasteiger partial charge in [0.25, 0.3) is 0 Å². The number of hydrogen-bond donors (Lipinski definition) is 0. The Morgan fingerprint density at radius 3 is 2.83 bits per heavy atom. The van der Waals surface area contributed by atoms with Crippen LogP contribution >= 0.6 is 0 Å². The van der Waals surface area contributed by atoms with Gasteiger partial charge in [0.05, 0.1) is 18.3 Å². The van der Waals surface area contributed by atoms with Crippen LogP contribution in [0.3, 0.4) is 0 Å². The highest BCUT2D eigenvalue weighted by Gasteiger charge is 2.26. The SMILES string of the molecule is CS(=O)(=O)N1CCc2cc(-n3ccnc3)ccc21. The molecule has 0 radical (unpaired) electrons. The summed E-state index contributed by atoms with van der Waals surface area (Å²) in [6.07, 6.45) is 7.31. The second-order valence-corrected chi connectivity index (χ2v) is 6.27. The van der Waals surface area contributed by atoms with Crippen LogP contribution in [0.1, 0.15) is 5.56 Å². The molecule has 0 bridgehead atoms. The molecule has 0 spiro atoms. The highest BCUT2D eigenvalue weighted by Crippen LogP contribution is 2.31. The molecular weight excluding hydrogens is 250 g/mol. The van der Waals surface area contributed by atoms with E-state index in [2.05, 4.69) is 4.98 Å². The van der Waals surface area contributed by atoms with Crippen molar-refractivity contribution in [3.63, 3.8) is 0 Å². The van der Waals surface area contributed by atoms with Gasteiger partial charge in [0.2, 0.25) is 10.0 Å². The standard InChI is InChI=1S/C12H13N3O2S/c1-18(16,17)15-6-4-10-8-11(2-3-12(10)15)14-7-5-13-9-14/h2-3,5,7-9H,4,6H2,1H3. The van der Waals surface area contributed by atoms with Gasteiger partial charge < -0.3 is 4.57 Å². The molecule has 2 aromatic rings. The number of fused-ring (bicyclic) bond motifs is 1. The minimum atomic E-state index is -3.17. The number of aromatic nitrogens is 2. The molecule has 1 aromatic carbocycles. The van der Waals surface area contributed by atoms with Gasteiger partial charge in [-0.15, -0.1) is 0 Å². The molecule has 1 aromatic heterocycles. The lowest BCUT2D eigenvalue weighted by molar-refractivity contribution is 0.598. The zero-order valence-corrected chi connectivity index (χ0v) is 10.8. The van der Waals surface area contributed by atoms with Crippen molar-refractivity contribution in [1.29, 1.82) is 0 Å². The van der Waals surface area contributed by atoms with Crippen LogP contribution in [0.25, 0.3) is 5.69 Å². The molecule has 0 saturated heterocycles. The van der Waals surface area contributed by atoms with Crippen LogP contribution in [0, 0.1) is 0 Å². The van der Waals surface area contributed by atoms with Gasteiger partial charge in [0.15, 0.2) is 0 Å². The maximum absolute atomic E-state index is 11.6. The molecule has 0 aliphatic carbocycles. The minimum absolute atomic E-state index is 0.529. The van der Waals surface area contributed by atoms with E-state index in [4.69, 9.17) is 0 Å². The van der Waals surface area contributed by atoms with E-state index in [9.17, 15) is 8.42 Å². The normalized spacial score (nSPS) is 14.8. The van der Waals surface area contributed by atoms with E-state index >= 15 is 0 Å². The van der Waals surface area contributed by atoms with E-state index in [0.717, 1.165) is 23.4 Å². The monoisotopic (exact) mass is 263 g/mol. The smallest absolute Gasteiger partial charge is 0.232 e. The summed E-state index contributed by atoms with van der Waals surface area (Å²) in [4.78, 5) is 4.00. The Morgan fingerprint density at radius 1 is 1.33 bits per heavy atom. The molecular formula is C12H13N3O2S. The minimum Gasteiger partial charge on any atom is -0.306 e. The fourth-order valence-electron chi connectivity index (χ4n) is 2.27. The van der Waals surface area contributed by atoms with Crippen molar-refractivity contribution < 1.29 is 8.42 Å². The third-order valence-corrected chi connectivity index (χ3v) is 4.30. The average Bonchev–Trinajstić information content (AvgIpc) is 2.96. The van der Waals surface area contributed by atoms with E-state index < -0.39 is 10.0 Å². The van der Waals surface area contributed by atoms with Crippen LogP contribution in [-0.4, -0.2) is 30.8 Å². The first kappa shape index (κ1) is 11.3. The molecule has 94 valence electrons. The average molecular weight is 263 g/mol. The number of nitrogens with zero attached hydrogens (tertiary/aromatic N) is 3.